The van der Waals surface area contributed by atoms with Gasteiger partial charge in [0.15, 0.2) is 0 Å². The van der Waals surface area contributed by atoms with E-state index in [2.05, 4.69) is 10.3 Å². The fourth-order valence-corrected chi connectivity index (χ4v) is 2.08. The van der Waals surface area contributed by atoms with Gasteiger partial charge >= 0.3 is 0 Å². The second-order valence-electron chi connectivity index (χ2n) is 4.16. The number of benzene rings is 2. The highest BCUT2D eigenvalue weighted by molar-refractivity contribution is 6.30. The normalized spacial score (nSPS) is 10.6. The lowest BCUT2D eigenvalue weighted by Crippen LogP contribution is -1.92. The van der Waals surface area contributed by atoms with E-state index in [1.54, 1.807) is 18.3 Å². The monoisotopic (exact) mass is 270 g/mol. The molecule has 1 heterocycles. The molecule has 19 heavy (non-hydrogen) atoms. The molecule has 3 nitrogen and oxygen atoms in total. The van der Waals surface area contributed by atoms with E-state index in [0.717, 1.165) is 16.8 Å². The maximum absolute atomic E-state index is 9.79. The maximum Gasteiger partial charge on any atom is 0.141 e. The summed E-state index contributed by atoms with van der Waals surface area (Å²) in [5.74, 6) is 0.178. The molecule has 2 aromatic carbocycles. The highest BCUT2D eigenvalue weighted by Gasteiger charge is 2.05. The van der Waals surface area contributed by atoms with Crippen molar-refractivity contribution in [3.05, 3.63) is 59.8 Å². The number of phenolic OH excluding ortho intramolecular Hbond substituents is 1. The molecule has 0 aliphatic rings. The lowest BCUT2D eigenvalue weighted by Gasteiger charge is -2.10. The lowest BCUT2D eigenvalue weighted by molar-refractivity contribution is 0.480. The van der Waals surface area contributed by atoms with E-state index in [-0.39, 0.29) is 5.75 Å². The smallest absolute Gasteiger partial charge is 0.141 e. The van der Waals surface area contributed by atoms with Crippen LogP contribution in [0.25, 0.3) is 10.9 Å². The van der Waals surface area contributed by atoms with Crippen LogP contribution < -0.4 is 5.32 Å². The number of aromatic hydroxyl groups is 1. The summed E-state index contributed by atoms with van der Waals surface area (Å²) in [6.07, 6.45) is 1.67. The predicted octanol–water partition coefficient (Wildman–Crippen LogP) is 4.34. The molecular weight excluding hydrogens is 260 g/mol. The van der Waals surface area contributed by atoms with Gasteiger partial charge < -0.3 is 10.4 Å². The molecular formula is C15H11ClN2O. The van der Waals surface area contributed by atoms with Crippen LogP contribution in [0, 0.1) is 0 Å². The SMILES string of the molecule is Oc1cccc2c(Nc3ccc(Cl)cc3)ccnc12. The highest BCUT2D eigenvalue weighted by atomic mass is 35.5. The number of rotatable bonds is 2. The molecule has 3 rings (SSSR count). The molecule has 0 aliphatic heterocycles. The number of hydrogen-bond acceptors (Lipinski definition) is 3. The van der Waals surface area contributed by atoms with Gasteiger partial charge in [0.1, 0.15) is 11.3 Å². The number of nitrogens with one attached hydrogen (secondary N) is 1. The van der Waals surface area contributed by atoms with Crippen LogP contribution in [0.3, 0.4) is 0 Å². The highest BCUT2D eigenvalue weighted by Crippen LogP contribution is 2.29. The molecule has 3 aromatic rings. The van der Waals surface area contributed by atoms with Crippen LogP contribution in [0.2, 0.25) is 5.02 Å². The van der Waals surface area contributed by atoms with Crippen molar-refractivity contribution in [1.29, 1.82) is 0 Å². The molecule has 0 radical (unpaired) electrons. The Morgan fingerprint density at radius 2 is 1.79 bits per heavy atom. The van der Waals surface area contributed by atoms with Gasteiger partial charge in [0.25, 0.3) is 0 Å². The summed E-state index contributed by atoms with van der Waals surface area (Å²) in [5, 5.41) is 14.7. The van der Waals surface area contributed by atoms with Gasteiger partial charge in [-0.15, -0.1) is 0 Å². The van der Waals surface area contributed by atoms with E-state index in [0.29, 0.717) is 10.5 Å². The van der Waals surface area contributed by atoms with Crippen molar-refractivity contribution in [2.75, 3.05) is 5.32 Å². The molecule has 0 unspecified atom stereocenters. The Bertz CT molecular complexity index is 726. The van der Waals surface area contributed by atoms with Gasteiger partial charge in [-0.2, -0.15) is 0 Å². The Kier molecular flexibility index (Phi) is 2.97. The Labute approximate surface area is 115 Å². The number of phenols is 1. The molecule has 94 valence electrons. The number of anilines is 2. The molecule has 0 amide bonds. The van der Waals surface area contributed by atoms with E-state index in [4.69, 9.17) is 11.6 Å². The predicted molar refractivity (Wildman–Crippen MR) is 78.1 cm³/mol. The van der Waals surface area contributed by atoms with Crippen LogP contribution >= 0.6 is 11.6 Å². The molecule has 0 bridgehead atoms. The fraction of sp³-hybridized carbons (Fsp3) is 0. The standard InChI is InChI=1S/C15H11ClN2O/c16-10-4-6-11(7-5-10)18-13-8-9-17-15-12(13)2-1-3-14(15)19/h1-9,19H,(H,17,18). The first-order valence-corrected chi connectivity index (χ1v) is 6.21. The minimum atomic E-state index is 0.178. The number of nitrogens with zero attached hydrogens (tertiary/aromatic N) is 1. The van der Waals surface area contributed by atoms with E-state index in [1.165, 1.54) is 0 Å². The number of aromatic nitrogens is 1. The van der Waals surface area contributed by atoms with Gasteiger partial charge in [0.05, 0.1) is 0 Å². The zero-order valence-electron chi connectivity index (χ0n) is 9.97. The molecule has 4 heteroatoms. The van der Waals surface area contributed by atoms with E-state index in [9.17, 15) is 5.11 Å². The zero-order chi connectivity index (χ0) is 13.2. The van der Waals surface area contributed by atoms with Crippen molar-refractivity contribution >= 4 is 33.9 Å². The Hall–Kier alpha value is -2.26. The Morgan fingerprint density at radius 1 is 1.00 bits per heavy atom. The van der Waals surface area contributed by atoms with E-state index < -0.39 is 0 Å². The van der Waals surface area contributed by atoms with Gasteiger partial charge in [0.2, 0.25) is 0 Å². The summed E-state index contributed by atoms with van der Waals surface area (Å²) in [7, 11) is 0. The summed E-state index contributed by atoms with van der Waals surface area (Å²) in [6.45, 7) is 0. The van der Waals surface area contributed by atoms with Crippen LogP contribution in [-0.2, 0) is 0 Å². The van der Waals surface area contributed by atoms with Crippen molar-refractivity contribution in [3.63, 3.8) is 0 Å². The quantitative estimate of drug-likeness (QED) is 0.728. The number of fused-ring (bicyclic) bond motifs is 1. The van der Waals surface area contributed by atoms with Crippen molar-refractivity contribution in [1.82, 2.24) is 4.98 Å². The summed E-state index contributed by atoms with van der Waals surface area (Å²) < 4.78 is 0. The molecule has 0 saturated carbocycles. The third kappa shape index (κ3) is 2.33. The molecule has 2 N–H and O–H groups in total. The number of hydrogen-bond donors (Lipinski definition) is 2. The Balaban J connectivity index is 2.06. The molecule has 0 atom stereocenters. The van der Waals surface area contributed by atoms with Crippen molar-refractivity contribution < 1.29 is 5.11 Å². The first-order chi connectivity index (χ1) is 9.24. The molecule has 0 aliphatic carbocycles. The number of pyridine rings is 1. The average molecular weight is 271 g/mol. The summed E-state index contributed by atoms with van der Waals surface area (Å²) in [5.41, 5.74) is 2.41. The minimum Gasteiger partial charge on any atom is -0.506 e. The summed E-state index contributed by atoms with van der Waals surface area (Å²) in [6, 6.07) is 14.7. The Morgan fingerprint density at radius 3 is 2.58 bits per heavy atom. The largest absolute Gasteiger partial charge is 0.506 e. The van der Waals surface area contributed by atoms with E-state index in [1.807, 2.05) is 36.4 Å². The molecule has 0 fully saturated rings. The minimum absolute atomic E-state index is 0.178. The zero-order valence-corrected chi connectivity index (χ0v) is 10.7. The van der Waals surface area contributed by atoms with Crippen molar-refractivity contribution in [2.45, 2.75) is 0 Å². The summed E-state index contributed by atoms with van der Waals surface area (Å²) >= 11 is 5.86. The van der Waals surface area contributed by atoms with Gasteiger partial charge in [0, 0.05) is 28.0 Å². The topological polar surface area (TPSA) is 45.1 Å². The summed E-state index contributed by atoms with van der Waals surface area (Å²) in [4.78, 5) is 4.19. The van der Waals surface area contributed by atoms with Gasteiger partial charge in [-0.1, -0.05) is 23.7 Å². The van der Waals surface area contributed by atoms with Crippen LogP contribution in [0.15, 0.2) is 54.7 Å². The van der Waals surface area contributed by atoms with Gasteiger partial charge in [-0.05, 0) is 36.4 Å². The molecule has 1 aromatic heterocycles. The van der Waals surface area contributed by atoms with E-state index >= 15 is 0 Å². The maximum atomic E-state index is 9.79. The second-order valence-corrected chi connectivity index (χ2v) is 4.60. The molecule has 0 saturated heterocycles. The lowest BCUT2D eigenvalue weighted by atomic mass is 10.1. The van der Waals surface area contributed by atoms with Crippen molar-refractivity contribution in [2.24, 2.45) is 0 Å². The van der Waals surface area contributed by atoms with Crippen LogP contribution in [0.1, 0.15) is 0 Å². The first kappa shape index (κ1) is 11.8. The van der Waals surface area contributed by atoms with Crippen LogP contribution in [0.5, 0.6) is 5.75 Å². The van der Waals surface area contributed by atoms with Crippen molar-refractivity contribution in [3.8, 4) is 5.75 Å². The van der Waals surface area contributed by atoms with Crippen LogP contribution in [-0.4, -0.2) is 10.1 Å². The van der Waals surface area contributed by atoms with Gasteiger partial charge in [-0.25, -0.2) is 0 Å². The van der Waals surface area contributed by atoms with Gasteiger partial charge in [-0.3, -0.25) is 4.98 Å². The fourth-order valence-electron chi connectivity index (χ4n) is 1.96. The average Bonchev–Trinajstić information content (AvgIpc) is 2.43. The number of halogens is 1. The molecule has 0 spiro atoms. The second kappa shape index (κ2) is 4.78. The van der Waals surface area contributed by atoms with Crippen LogP contribution in [0.4, 0.5) is 11.4 Å². The number of para-hydroxylation sites is 1. The third-order valence-corrected chi connectivity index (χ3v) is 3.12. The third-order valence-electron chi connectivity index (χ3n) is 2.87. The first-order valence-electron chi connectivity index (χ1n) is 5.83.